The Bertz CT molecular complexity index is 578. The number of rotatable bonds is 6. The van der Waals surface area contributed by atoms with Gasteiger partial charge in [0.25, 0.3) is 0 Å². The van der Waals surface area contributed by atoms with Gasteiger partial charge in [-0.3, -0.25) is 4.79 Å². The molecule has 2 rings (SSSR count). The highest BCUT2D eigenvalue weighted by atomic mass is 16.1. The van der Waals surface area contributed by atoms with Gasteiger partial charge in [0.15, 0.2) is 0 Å². The number of carbonyl (C=O) groups is 1. The van der Waals surface area contributed by atoms with Gasteiger partial charge >= 0.3 is 0 Å². The largest absolute Gasteiger partial charge is 0.349 e. The Morgan fingerprint density at radius 3 is 2.95 bits per heavy atom. The van der Waals surface area contributed by atoms with Crippen LogP contribution in [0.25, 0.3) is 5.69 Å². The third-order valence-electron chi connectivity index (χ3n) is 2.95. The second kappa shape index (κ2) is 6.81. The second-order valence-corrected chi connectivity index (χ2v) is 4.51. The van der Waals surface area contributed by atoms with Crippen molar-refractivity contribution in [3.05, 3.63) is 41.7 Å². The van der Waals surface area contributed by atoms with Crippen LogP contribution in [0.3, 0.4) is 0 Å². The number of nitrogens with two attached hydrogens (primary N) is 1. The van der Waals surface area contributed by atoms with Crippen LogP contribution in [0.5, 0.6) is 0 Å². The fraction of sp³-hybridized carbons (Fsp3) is 0.357. The van der Waals surface area contributed by atoms with Crippen LogP contribution in [0.1, 0.15) is 24.6 Å². The summed E-state index contributed by atoms with van der Waals surface area (Å²) in [6, 6.07) is 8.11. The Labute approximate surface area is 118 Å². The zero-order valence-electron chi connectivity index (χ0n) is 11.5. The quantitative estimate of drug-likeness (QED) is 0.815. The van der Waals surface area contributed by atoms with Gasteiger partial charge in [0, 0.05) is 0 Å². The molecule has 0 fully saturated rings. The van der Waals surface area contributed by atoms with Crippen LogP contribution in [-0.2, 0) is 17.8 Å². The van der Waals surface area contributed by atoms with Crippen LogP contribution in [0.15, 0.2) is 30.5 Å². The van der Waals surface area contributed by atoms with Crippen molar-refractivity contribution in [1.82, 2.24) is 20.3 Å². The van der Waals surface area contributed by atoms with Crippen LogP contribution in [-0.4, -0.2) is 27.4 Å². The van der Waals surface area contributed by atoms with Crippen molar-refractivity contribution in [1.29, 1.82) is 0 Å². The van der Waals surface area contributed by atoms with Crippen LogP contribution in [0.4, 0.5) is 0 Å². The number of aromatic nitrogens is 3. The lowest BCUT2D eigenvalue weighted by Crippen LogP contribution is -2.29. The van der Waals surface area contributed by atoms with Crippen molar-refractivity contribution in [3.8, 4) is 5.69 Å². The van der Waals surface area contributed by atoms with Crippen molar-refractivity contribution < 1.29 is 4.79 Å². The maximum atomic E-state index is 11.1. The molecule has 1 heterocycles. The molecule has 0 radical (unpaired) electrons. The van der Waals surface area contributed by atoms with Crippen molar-refractivity contribution in [2.24, 2.45) is 5.73 Å². The number of nitrogens with one attached hydrogen (secondary N) is 1. The summed E-state index contributed by atoms with van der Waals surface area (Å²) in [5.41, 5.74) is 8.20. The topological polar surface area (TPSA) is 85.8 Å². The molecule has 20 heavy (non-hydrogen) atoms. The number of hydrogen-bond donors (Lipinski definition) is 2. The monoisotopic (exact) mass is 273 g/mol. The van der Waals surface area contributed by atoms with Gasteiger partial charge in [0.2, 0.25) is 5.91 Å². The average molecular weight is 273 g/mol. The second-order valence-electron chi connectivity index (χ2n) is 4.51. The molecule has 6 nitrogen and oxygen atoms in total. The first kappa shape index (κ1) is 14.2. The predicted molar refractivity (Wildman–Crippen MR) is 76.3 cm³/mol. The van der Waals surface area contributed by atoms with Crippen molar-refractivity contribution in [2.45, 2.75) is 26.3 Å². The standard InChI is InChI=1S/C14H19N5O/c1-2-5-11-6-3-4-7-13(11)19-10-12(17-18-19)9-16-14(20)8-15/h3-4,6-7,10H,2,5,8-9,15H2,1H3,(H,16,20). The molecule has 1 aromatic carbocycles. The van der Waals surface area contributed by atoms with Gasteiger partial charge in [-0.2, -0.15) is 0 Å². The van der Waals surface area contributed by atoms with Crippen molar-refractivity contribution in [2.75, 3.05) is 6.54 Å². The zero-order valence-corrected chi connectivity index (χ0v) is 11.5. The van der Waals surface area contributed by atoms with Crippen LogP contribution < -0.4 is 11.1 Å². The number of nitrogens with zero attached hydrogens (tertiary/aromatic N) is 3. The molecule has 0 aliphatic carbocycles. The molecule has 1 aromatic heterocycles. The molecular formula is C14H19N5O. The van der Waals surface area contributed by atoms with Gasteiger partial charge in [0.1, 0.15) is 5.69 Å². The molecule has 0 atom stereocenters. The lowest BCUT2D eigenvalue weighted by atomic mass is 10.1. The smallest absolute Gasteiger partial charge is 0.234 e. The number of amides is 1. The fourth-order valence-corrected chi connectivity index (χ4v) is 1.97. The molecule has 1 amide bonds. The molecule has 0 aliphatic rings. The summed E-state index contributed by atoms with van der Waals surface area (Å²) in [6.45, 7) is 2.46. The number of hydrogen-bond acceptors (Lipinski definition) is 4. The molecule has 0 saturated heterocycles. The summed E-state index contributed by atoms with van der Waals surface area (Å²) in [5.74, 6) is -0.203. The minimum Gasteiger partial charge on any atom is -0.349 e. The molecule has 106 valence electrons. The number of benzene rings is 1. The van der Waals surface area contributed by atoms with Gasteiger partial charge in [-0.1, -0.05) is 36.8 Å². The third kappa shape index (κ3) is 3.42. The third-order valence-corrected chi connectivity index (χ3v) is 2.95. The SMILES string of the molecule is CCCc1ccccc1-n1cc(CNC(=O)CN)nn1. The van der Waals surface area contributed by atoms with E-state index in [-0.39, 0.29) is 12.5 Å². The Morgan fingerprint density at radius 2 is 2.20 bits per heavy atom. The summed E-state index contributed by atoms with van der Waals surface area (Å²) in [6.07, 6.45) is 3.89. The number of aryl methyl sites for hydroxylation is 1. The van der Waals surface area contributed by atoms with E-state index >= 15 is 0 Å². The molecule has 0 saturated carbocycles. The Morgan fingerprint density at radius 1 is 1.40 bits per heavy atom. The summed E-state index contributed by atoms with van der Waals surface area (Å²) < 4.78 is 1.74. The normalized spacial score (nSPS) is 10.5. The van der Waals surface area contributed by atoms with Gasteiger partial charge < -0.3 is 11.1 Å². The molecule has 0 bridgehead atoms. The van der Waals surface area contributed by atoms with Crippen molar-refractivity contribution >= 4 is 5.91 Å². The first-order valence-corrected chi connectivity index (χ1v) is 6.71. The summed E-state index contributed by atoms with van der Waals surface area (Å²) >= 11 is 0. The van der Waals surface area contributed by atoms with Gasteiger partial charge in [-0.15, -0.1) is 5.10 Å². The highest BCUT2D eigenvalue weighted by Crippen LogP contribution is 2.15. The summed E-state index contributed by atoms with van der Waals surface area (Å²) in [5, 5.41) is 10.8. The van der Waals surface area contributed by atoms with E-state index in [0.717, 1.165) is 18.5 Å². The highest BCUT2D eigenvalue weighted by Gasteiger charge is 2.07. The van der Waals surface area contributed by atoms with E-state index in [4.69, 9.17) is 5.73 Å². The fourth-order valence-electron chi connectivity index (χ4n) is 1.97. The molecular weight excluding hydrogens is 254 g/mol. The minimum absolute atomic E-state index is 0.0204. The summed E-state index contributed by atoms with van der Waals surface area (Å²) in [4.78, 5) is 11.1. The number of carbonyl (C=O) groups excluding carboxylic acids is 1. The van der Waals surface area contributed by atoms with Gasteiger partial charge in [0.05, 0.1) is 25.0 Å². The Balaban J connectivity index is 2.14. The maximum Gasteiger partial charge on any atom is 0.234 e. The molecule has 0 spiro atoms. The van der Waals surface area contributed by atoms with Gasteiger partial charge in [-0.05, 0) is 18.1 Å². The molecule has 6 heteroatoms. The number of para-hydroxylation sites is 1. The van der Waals surface area contributed by atoms with E-state index in [1.165, 1.54) is 5.56 Å². The molecule has 3 N–H and O–H groups in total. The van der Waals surface area contributed by atoms with Crippen LogP contribution in [0, 0.1) is 0 Å². The average Bonchev–Trinajstić information content (AvgIpc) is 2.94. The Kier molecular flexibility index (Phi) is 4.84. The first-order valence-electron chi connectivity index (χ1n) is 6.71. The van der Waals surface area contributed by atoms with E-state index in [1.807, 2.05) is 24.4 Å². The lowest BCUT2D eigenvalue weighted by molar-refractivity contribution is -0.119. The molecule has 0 aliphatic heterocycles. The van der Waals surface area contributed by atoms with E-state index in [1.54, 1.807) is 4.68 Å². The predicted octanol–water partition coefficient (Wildman–Crippen LogP) is 0.795. The van der Waals surface area contributed by atoms with Crippen LogP contribution >= 0.6 is 0 Å². The summed E-state index contributed by atoms with van der Waals surface area (Å²) in [7, 11) is 0. The maximum absolute atomic E-state index is 11.1. The Hall–Kier alpha value is -2.21. The minimum atomic E-state index is -0.203. The molecule has 2 aromatic rings. The molecule has 0 unspecified atom stereocenters. The lowest BCUT2D eigenvalue weighted by Gasteiger charge is -2.07. The van der Waals surface area contributed by atoms with E-state index < -0.39 is 0 Å². The van der Waals surface area contributed by atoms with Gasteiger partial charge in [-0.25, -0.2) is 4.68 Å². The van der Waals surface area contributed by atoms with Crippen molar-refractivity contribution in [3.63, 3.8) is 0 Å². The van der Waals surface area contributed by atoms with E-state index in [9.17, 15) is 4.79 Å². The highest BCUT2D eigenvalue weighted by molar-refractivity contribution is 5.77. The van der Waals surface area contributed by atoms with E-state index in [2.05, 4.69) is 28.6 Å². The zero-order chi connectivity index (χ0) is 14.4. The first-order chi connectivity index (χ1) is 9.74. The van der Waals surface area contributed by atoms with E-state index in [0.29, 0.717) is 12.2 Å². The van der Waals surface area contributed by atoms with Crippen LogP contribution in [0.2, 0.25) is 0 Å².